The highest BCUT2D eigenvalue weighted by molar-refractivity contribution is 7.80. The van der Waals surface area contributed by atoms with Crippen LogP contribution >= 0.6 is 12.6 Å². The second kappa shape index (κ2) is 5.67. The van der Waals surface area contributed by atoms with Gasteiger partial charge in [0.2, 0.25) is 0 Å². The van der Waals surface area contributed by atoms with Crippen LogP contribution in [0.1, 0.15) is 13.3 Å². The lowest BCUT2D eigenvalue weighted by molar-refractivity contribution is 0.547. The van der Waals surface area contributed by atoms with Crippen molar-refractivity contribution in [3.63, 3.8) is 0 Å². The maximum atomic E-state index is 4.45. The molecule has 1 atom stereocenters. The van der Waals surface area contributed by atoms with E-state index in [0.717, 1.165) is 25.4 Å². The molecule has 1 aromatic rings. The fraction of sp³-hybridized carbons (Fsp3) is 0.571. The van der Waals surface area contributed by atoms with E-state index in [1.165, 1.54) is 17.8 Å². The molecular weight excluding hydrogens is 228 g/mol. The average Bonchev–Trinajstić information content (AvgIpc) is 2.38. The predicted octanol–water partition coefficient (Wildman–Crippen LogP) is 2.90. The Balaban J connectivity index is 2.18. The van der Waals surface area contributed by atoms with Crippen molar-refractivity contribution in [3.8, 4) is 0 Å². The Morgan fingerprint density at radius 1 is 1.24 bits per heavy atom. The Kier molecular flexibility index (Phi) is 4.21. The van der Waals surface area contributed by atoms with Crippen LogP contribution in [0.15, 0.2) is 24.3 Å². The number of thiol groups is 1. The third-order valence-corrected chi connectivity index (χ3v) is 4.17. The molecule has 0 saturated heterocycles. The van der Waals surface area contributed by atoms with Crippen LogP contribution in [0, 0.1) is 5.92 Å². The summed E-state index contributed by atoms with van der Waals surface area (Å²) in [6, 6.07) is 8.70. The fourth-order valence-corrected chi connectivity index (χ4v) is 2.76. The first-order valence-electron chi connectivity index (χ1n) is 6.42. The van der Waals surface area contributed by atoms with Gasteiger partial charge >= 0.3 is 0 Å². The predicted molar refractivity (Wildman–Crippen MR) is 79.6 cm³/mol. The minimum Gasteiger partial charge on any atom is -0.371 e. The Labute approximate surface area is 110 Å². The lowest BCUT2D eigenvalue weighted by atomic mass is 10.1. The van der Waals surface area contributed by atoms with E-state index in [0.29, 0.717) is 5.92 Å². The number of anilines is 2. The van der Waals surface area contributed by atoms with Gasteiger partial charge in [0, 0.05) is 26.7 Å². The maximum absolute atomic E-state index is 4.45. The second-order valence-electron chi connectivity index (χ2n) is 4.81. The van der Waals surface area contributed by atoms with Crippen LogP contribution in [0.2, 0.25) is 0 Å². The van der Waals surface area contributed by atoms with E-state index in [1.54, 1.807) is 0 Å². The summed E-state index contributed by atoms with van der Waals surface area (Å²) in [6.45, 7) is 5.62. The zero-order valence-corrected chi connectivity index (χ0v) is 11.7. The van der Waals surface area contributed by atoms with Gasteiger partial charge in [-0.2, -0.15) is 12.6 Å². The summed E-state index contributed by atoms with van der Waals surface area (Å²) in [5, 5.41) is 0. The number of hydrogen-bond donors (Lipinski definition) is 1. The molecule has 0 N–H and O–H groups in total. The monoisotopic (exact) mass is 250 g/mol. The van der Waals surface area contributed by atoms with E-state index in [1.807, 2.05) is 0 Å². The van der Waals surface area contributed by atoms with Gasteiger partial charge < -0.3 is 9.80 Å². The van der Waals surface area contributed by atoms with Crippen molar-refractivity contribution in [2.45, 2.75) is 13.3 Å². The van der Waals surface area contributed by atoms with Crippen LogP contribution in [0.5, 0.6) is 0 Å². The summed E-state index contributed by atoms with van der Waals surface area (Å²) in [5.41, 5.74) is 2.73. The van der Waals surface area contributed by atoms with Crippen molar-refractivity contribution in [2.75, 3.05) is 42.2 Å². The van der Waals surface area contributed by atoms with Gasteiger partial charge in [-0.1, -0.05) is 25.5 Å². The van der Waals surface area contributed by atoms with Gasteiger partial charge in [0.25, 0.3) is 0 Å². The first-order chi connectivity index (χ1) is 8.26. The number of para-hydroxylation sites is 2. The zero-order valence-electron chi connectivity index (χ0n) is 10.8. The molecule has 1 aliphatic rings. The summed E-state index contributed by atoms with van der Waals surface area (Å²) >= 11 is 4.45. The molecule has 2 nitrogen and oxygen atoms in total. The quantitative estimate of drug-likeness (QED) is 0.821. The van der Waals surface area contributed by atoms with Gasteiger partial charge in [-0.05, 0) is 23.8 Å². The molecule has 1 heterocycles. The van der Waals surface area contributed by atoms with Crippen molar-refractivity contribution in [1.29, 1.82) is 0 Å². The Morgan fingerprint density at radius 2 is 1.94 bits per heavy atom. The summed E-state index contributed by atoms with van der Waals surface area (Å²) in [5.74, 6) is 1.67. The number of hydrogen-bond acceptors (Lipinski definition) is 3. The molecule has 1 aromatic carbocycles. The molecule has 0 amide bonds. The van der Waals surface area contributed by atoms with Crippen molar-refractivity contribution >= 4 is 24.0 Å². The molecule has 0 aliphatic carbocycles. The summed E-state index contributed by atoms with van der Waals surface area (Å²) < 4.78 is 0. The molecule has 0 saturated carbocycles. The van der Waals surface area contributed by atoms with Gasteiger partial charge in [0.15, 0.2) is 0 Å². The number of nitrogens with zero attached hydrogens (tertiary/aromatic N) is 2. The van der Waals surface area contributed by atoms with Crippen LogP contribution in [-0.4, -0.2) is 32.4 Å². The van der Waals surface area contributed by atoms with E-state index < -0.39 is 0 Å². The zero-order chi connectivity index (χ0) is 12.3. The SMILES string of the molecule is CCC(CS)CN1CCN(C)c2ccccc21. The summed E-state index contributed by atoms with van der Waals surface area (Å²) in [4.78, 5) is 4.85. The summed E-state index contributed by atoms with van der Waals surface area (Å²) in [6.07, 6.45) is 1.21. The highest BCUT2D eigenvalue weighted by Crippen LogP contribution is 2.32. The number of likely N-dealkylation sites (N-methyl/N-ethyl adjacent to an activating group) is 1. The minimum atomic E-state index is 0.690. The standard InChI is InChI=1S/C14H22N2S/c1-3-12(11-17)10-16-9-8-15(2)13-6-4-5-7-14(13)16/h4-7,12,17H,3,8-11H2,1-2H3. The van der Waals surface area contributed by atoms with E-state index in [4.69, 9.17) is 0 Å². The highest BCUT2D eigenvalue weighted by Gasteiger charge is 2.21. The fourth-order valence-electron chi connectivity index (χ4n) is 2.38. The highest BCUT2D eigenvalue weighted by atomic mass is 32.1. The molecular formula is C14H22N2S. The van der Waals surface area contributed by atoms with Crippen molar-refractivity contribution in [2.24, 2.45) is 5.92 Å². The minimum absolute atomic E-state index is 0.690. The third-order valence-electron chi connectivity index (χ3n) is 3.65. The molecule has 17 heavy (non-hydrogen) atoms. The lowest BCUT2D eigenvalue weighted by Crippen LogP contribution is -2.41. The van der Waals surface area contributed by atoms with Crippen LogP contribution in [0.4, 0.5) is 11.4 Å². The first kappa shape index (κ1) is 12.6. The lowest BCUT2D eigenvalue weighted by Gasteiger charge is -2.38. The van der Waals surface area contributed by atoms with E-state index in [9.17, 15) is 0 Å². The van der Waals surface area contributed by atoms with Crippen molar-refractivity contribution in [1.82, 2.24) is 0 Å². The molecule has 0 spiro atoms. The van der Waals surface area contributed by atoms with Gasteiger partial charge in [-0.25, -0.2) is 0 Å². The number of benzene rings is 1. The smallest absolute Gasteiger partial charge is 0.0604 e. The van der Waals surface area contributed by atoms with Crippen molar-refractivity contribution < 1.29 is 0 Å². The van der Waals surface area contributed by atoms with Crippen LogP contribution < -0.4 is 9.80 Å². The molecule has 0 fully saturated rings. The van der Waals surface area contributed by atoms with Gasteiger partial charge in [0.1, 0.15) is 0 Å². The molecule has 0 aromatic heterocycles. The van der Waals surface area contributed by atoms with E-state index >= 15 is 0 Å². The maximum Gasteiger partial charge on any atom is 0.0604 e. The molecule has 0 radical (unpaired) electrons. The first-order valence-corrected chi connectivity index (χ1v) is 7.05. The van der Waals surface area contributed by atoms with Crippen LogP contribution in [-0.2, 0) is 0 Å². The Bertz CT molecular complexity index is 363. The molecule has 0 bridgehead atoms. The van der Waals surface area contributed by atoms with Crippen LogP contribution in [0.3, 0.4) is 0 Å². The largest absolute Gasteiger partial charge is 0.371 e. The molecule has 1 unspecified atom stereocenters. The number of rotatable bonds is 4. The van der Waals surface area contributed by atoms with Gasteiger partial charge in [-0.15, -0.1) is 0 Å². The Morgan fingerprint density at radius 3 is 2.59 bits per heavy atom. The number of fused-ring (bicyclic) bond motifs is 1. The Hall–Kier alpha value is -0.830. The average molecular weight is 250 g/mol. The molecule has 94 valence electrons. The van der Waals surface area contributed by atoms with Gasteiger partial charge in [0.05, 0.1) is 11.4 Å². The molecule has 3 heteroatoms. The molecule has 2 rings (SSSR count). The third kappa shape index (κ3) is 2.71. The second-order valence-corrected chi connectivity index (χ2v) is 5.18. The summed E-state index contributed by atoms with van der Waals surface area (Å²) in [7, 11) is 2.17. The van der Waals surface area contributed by atoms with E-state index in [-0.39, 0.29) is 0 Å². The van der Waals surface area contributed by atoms with Crippen LogP contribution in [0.25, 0.3) is 0 Å². The van der Waals surface area contributed by atoms with E-state index in [2.05, 4.69) is 60.7 Å². The normalized spacial score (nSPS) is 16.9. The van der Waals surface area contributed by atoms with Gasteiger partial charge in [-0.3, -0.25) is 0 Å². The topological polar surface area (TPSA) is 6.48 Å². The molecule has 1 aliphatic heterocycles. The van der Waals surface area contributed by atoms with Crippen molar-refractivity contribution in [3.05, 3.63) is 24.3 Å².